The highest BCUT2D eigenvalue weighted by atomic mass is 35.5. The molecule has 1 N–H and O–H groups in total. The van der Waals surface area contributed by atoms with Gasteiger partial charge in [0.15, 0.2) is 0 Å². The molecule has 0 saturated heterocycles. The van der Waals surface area contributed by atoms with Gasteiger partial charge in [0.2, 0.25) is 0 Å². The van der Waals surface area contributed by atoms with Crippen molar-refractivity contribution in [3.63, 3.8) is 0 Å². The Bertz CT molecular complexity index is 538. The predicted octanol–water partition coefficient (Wildman–Crippen LogP) is 4.05. The molecule has 0 radical (unpaired) electrons. The first-order chi connectivity index (χ1) is 11.0. The van der Waals surface area contributed by atoms with Gasteiger partial charge in [0.1, 0.15) is 22.0 Å². The lowest BCUT2D eigenvalue weighted by Crippen LogP contribution is -2.34. The second-order valence-electron chi connectivity index (χ2n) is 6.93. The molecule has 1 heterocycles. The van der Waals surface area contributed by atoms with Crippen molar-refractivity contribution < 1.29 is 19.4 Å². The first-order valence-corrected chi connectivity index (χ1v) is 8.57. The van der Waals surface area contributed by atoms with E-state index in [-0.39, 0.29) is 35.4 Å². The molecule has 136 valence electrons. The Kier molecular flexibility index (Phi) is 7.93. The number of esters is 1. The molecule has 1 aromatic rings. The van der Waals surface area contributed by atoms with Gasteiger partial charge in [-0.05, 0) is 44.4 Å². The van der Waals surface area contributed by atoms with Gasteiger partial charge in [-0.25, -0.2) is 4.98 Å². The molecule has 0 bridgehead atoms. The van der Waals surface area contributed by atoms with E-state index in [9.17, 15) is 9.90 Å². The molecule has 5 nitrogen and oxygen atoms in total. The number of carbonyl (C=O) groups is 1. The zero-order valence-electron chi connectivity index (χ0n) is 14.7. The Hall–Kier alpha value is -0.880. The summed E-state index contributed by atoms with van der Waals surface area (Å²) in [5.74, 6) is -0.727. The SMILES string of the molecule is CC(C)[C@H](COC(CO)c1cc(Cl)nc(Cl)c1)C(=O)OC(C)(C)C. The number of nitrogens with zero attached hydrogens (tertiary/aromatic N) is 1. The quantitative estimate of drug-likeness (QED) is 0.573. The fourth-order valence-corrected chi connectivity index (χ4v) is 2.53. The zero-order valence-corrected chi connectivity index (χ0v) is 16.2. The fourth-order valence-electron chi connectivity index (χ4n) is 2.05. The van der Waals surface area contributed by atoms with Gasteiger partial charge in [0.25, 0.3) is 0 Å². The van der Waals surface area contributed by atoms with Crippen molar-refractivity contribution in [2.24, 2.45) is 11.8 Å². The third-order valence-corrected chi connectivity index (χ3v) is 3.70. The lowest BCUT2D eigenvalue weighted by Gasteiger charge is -2.27. The van der Waals surface area contributed by atoms with Crippen molar-refractivity contribution in [2.75, 3.05) is 13.2 Å². The summed E-state index contributed by atoms with van der Waals surface area (Å²) in [5.41, 5.74) is 0.0430. The maximum atomic E-state index is 12.3. The number of rotatable bonds is 7. The number of hydrogen-bond donors (Lipinski definition) is 1. The van der Waals surface area contributed by atoms with Crippen LogP contribution in [0, 0.1) is 11.8 Å². The van der Waals surface area contributed by atoms with E-state index in [4.69, 9.17) is 32.7 Å². The van der Waals surface area contributed by atoms with Crippen molar-refractivity contribution in [3.8, 4) is 0 Å². The van der Waals surface area contributed by atoms with Gasteiger partial charge in [-0.2, -0.15) is 0 Å². The van der Waals surface area contributed by atoms with Crippen LogP contribution in [0.25, 0.3) is 0 Å². The van der Waals surface area contributed by atoms with Crippen molar-refractivity contribution in [1.29, 1.82) is 0 Å². The normalized spacial score (nSPS) is 14.5. The van der Waals surface area contributed by atoms with E-state index in [0.29, 0.717) is 5.56 Å². The number of aromatic nitrogens is 1. The minimum absolute atomic E-state index is 0.0313. The lowest BCUT2D eigenvalue weighted by molar-refractivity contribution is -0.165. The summed E-state index contributed by atoms with van der Waals surface area (Å²) < 4.78 is 11.2. The maximum absolute atomic E-state index is 12.3. The Morgan fingerprint density at radius 1 is 1.25 bits per heavy atom. The molecule has 0 fully saturated rings. The van der Waals surface area contributed by atoms with E-state index < -0.39 is 17.6 Å². The number of halogens is 2. The summed E-state index contributed by atoms with van der Waals surface area (Å²) in [5, 5.41) is 10.0. The third-order valence-electron chi connectivity index (χ3n) is 3.31. The number of aliphatic hydroxyl groups is 1. The number of aliphatic hydroxyl groups excluding tert-OH is 1. The molecule has 0 aliphatic rings. The van der Waals surface area contributed by atoms with Gasteiger partial charge in [-0.1, -0.05) is 37.0 Å². The van der Waals surface area contributed by atoms with Crippen LogP contribution in [0.2, 0.25) is 10.3 Å². The van der Waals surface area contributed by atoms with Crippen LogP contribution >= 0.6 is 23.2 Å². The zero-order chi connectivity index (χ0) is 18.5. The minimum Gasteiger partial charge on any atom is -0.460 e. The average molecular weight is 378 g/mol. The topological polar surface area (TPSA) is 68.7 Å². The average Bonchev–Trinajstić information content (AvgIpc) is 2.39. The summed E-state index contributed by atoms with van der Waals surface area (Å²) in [4.78, 5) is 16.2. The molecule has 2 atom stereocenters. The van der Waals surface area contributed by atoms with Crippen molar-refractivity contribution in [1.82, 2.24) is 4.98 Å². The van der Waals surface area contributed by atoms with E-state index in [1.54, 1.807) is 12.1 Å². The second kappa shape index (κ2) is 8.99. The van der Waals surface area contributed by atoms with Crippen molar-refractivity contribution in [2.45, 2.75) is 46.3 Å². The molecule has 1 rings (SSSR count). The van der Waals surface area contributed by atoms with Crippen LogP contribution in [0.3, 0.4) is 0 Å². The third kappa shape index (κ3) is 6.93. The molecule has 0 aliphatic carbocycles. The van der Waals surface area contributed by atoms with E-state index in [1.165, 1.54) is 0 Å². The van der Waals surface area contributed by atoms with Gasteiger partial charge in [0.05, 0.1) is 19.1 Å². The van der Waals surface area contributed by atoms with Crippen LogP contribution < -0.4 is 0 Å². The van der Waals surface area contributed by atoms with Gasteiger partial charge < -0.3 is 14.6 Å². The number of ether oxygens (including phenoxy) is 2. The number of hydrogen-bond acceptors (Lipinski definition) is 5. The lowest BCUT2D eigenvalue weighted by atomic mass is 9.96. The summed E-state index contributed by atoms with van der Waals surface area (Å²) in [6.45, 7) is 9.16. The maximum Gasteiger partial charge on any atom is 0.312 e. The molecule has 0 aliphatic heterocycles. The summed E-state index contributed by atoms with van der Waals surface area (Å²) in [6.07, 6.45) is -0.647. The summed E-state index contributed by atoms with van der Waals surface area (Å²) >= 11 is 11.8. The molecule has 0 amide bonds. The van der Waals surface area contributed by atoms with Crippen molar-refractivity contribution in [3.05, 3.63) is 28.0 Å². The van der Waals surface area contributed by atoms with Gasteiger partial charge >= 0.3 is 5.97 Å². The number of pyridine rings is 1. The Morgan fingerprint density at radius 2 is 1.79 bits per heavy atom. The van der Waals surface area contributed by atoms with Crippen LogP contribution in [0.15, 0.2) is 12.1 Å². The largest absolute Gasteiger partial charge is 0.460 e. The van der Waals surface area contributed by atoms with Crippen LogP contribution in [-0.4, -0.2) is 34.9 Å². The van der Waals surface area contributed by atoms with Crippen LogP contribution in [0.1, 0.15) is 46.3 Å². The van der Waals surface area contributed by atoms with E-state index in [2.05, 4.69) is 4.98 Å². The molecule has 1 unspecified atom stereocenters. The van der Waals surface area contributed by atoms with Crippen molar-refractivity contribution >= 4 is 29.2 Å². The predicted molar refractivity (Wildman–Crippen MR) is 94.2 cm³/mol. The molecular formula is C17H25Cl2NO4. The van der Waals surface area contributed by atoms with E-state index >= 15 is 0 Å². The summed E-state index contributed by atoms with van der Waals surface area (Å²) in [6, 6.07) is 3.15. The molecule has 0 saturated carbocycles. The van der Waals surface area contributed by atoms with E-state index in [1.807, 2.05) is 34.6 Å². The molecule has 24 heavy (non-hydrogen) atoms. The van der Waals surface area contributed by atoms with Gasteiger partial charge in [-0.15, -0.1) is 0 Å². The van der Waals surface area contributed by atoms with E-state index in [0.717, 1.165) is 0 Å². The minimum atomic E-state index is -0.647. The molecule has 0 aromatic carbocycles. The summed E-state index contributed by atoms with van der Waals surface area (Å²) in [7, 11) is 0. The highest BCUT2D eigenvalue weighted by molar-refractivity contribution is 6.32. The number of carbonyl (C=O) groups excluding carboxylic acids is 1. The van der Waals surface area contributed by atoms with Gasteiger partial charge in [0, 0.05) is 0 Å². The molecular weight excluding hydrogens is 353 g/mol. The highest BCUT2D eigenvalue weighted by Gasteiger charge is 2.29. The van der Waals surface area contributed by atoms with Crippen LogP contribution in [0.5, 0.6) is 0 Å². The fraction of sp³-hybridized carbons (Fsp3) is 0.647. The first kappa shape index (κ1) is 21.2. The highest BCUT2D eigenvalue weighted by Crippen LogP contribution is 2.25. The smallest absolute Gasteiger partial charge is 0.312 e. The molecule has 1 aromatic heterocycles. The van der Waals surface area contributed by atoms with Crippen LogP contribution in [0.4, 0.5) is 0 Å². The monoisotopic (exact) mass is 377 g/mol. The Morgan fingerprint density at radius 3 is 2.21 bits per heavy atom. The molecule has 0 spiro atoms. The Balaban J connectivity index is 2.82. The van der Waals surface area contributed by atoms with Crippen LogP contribution in [-0.2, 0) is 14.3 Å². The molecule has 7 heteroatoms. The second-order valence-corrected chi connectivity index (χ2v) is 7.71. The Labute approximate surface area is 153 Å². The first-order valence-electron chi connectivity index (χ1n) is 7.81. The standard InChI is InChI=1S/C17H25Cl2NO4/c1-10(2)12(16(22)24-17(3,4)5)9-23-13(8-21)11-6-14(18)20-15(19)7-11/h6-7,10,12-13,21H,8-9H2,1-5H3/t12-,13?/m0/s1. The van der Waals surface area contributed by atoms with Gasteiger partial charge in [-0.3, -0.25) is 4.79 Å².